The van der Waals surface area contributed by atoms with Gasteiger partial charge in [-0.15, -0.1) is 0 Å². The number of rotatable bonds is 0. The van der Waals surface area contributed by atoms with Crippen LogP contribution in [0.2, 0.25) is 0 Å². The van der Waals surface area contributed by atoms with Crippen molar-refractivity contribution in [3.8, 4) is 11.3 Å². The number of hydrogen-bond donors (Lipinski definition) is 2. The van der Waals surface area contributed by atoms with Gasteiger partial charge in [0.05, 0.1) is 6.10 Å². The van der Waals surface area contributed by atoms with E-state index in [-0.39, 0.29) is 16.9 Å². The number of aliphatic hydroxyl groups excluding tert-OH is 1. The summed E-state index contributed by atoms with van der Waals surface area (Å²) in [5.74, 6) is 4.81. The van der Waals surface area contributed by atoms with Crippen molar-refractivity contribution in [2.45, 2.75) is 76.9 Å². The summed E-state index contributed by atoms with van der Waals surface area (Å²) in [6.07, 6.45) is 10.3. The van der Waals surface area contributed by atoms with Crippen LogP contribution in [0.15, 0.2) is 11.6 Å². The SMILES string of the molecule is CC12CCC(O)CC1=CCC1C2CCC2(C)C1CC[C@@]2(O)C#CCl. The van der Waals surface area contributed by atoms with E-state index in [0.717, 1.165) is 51.4 Å². The summed E-state index contributed by atoms with van der Waals surface area (Å²) in [7, 11) is 0. The Morgan fingerprint density at radius 1 is 1.12 bits per heavy atom. The average molecular weight is 349 g/mol. The molecule has 3 fully saturated rings. The van der Waals surface area contributed by atoms with E-state index >= 15 is 0 Å². The average Bonchev–Trinajstić information content (AvgIpc) is 2.80. The molecule has 3 heteroatoms. The highest BCUT2D eigenvalue weighted by atomic mass is 35.5. The van der Waals surface area contributed by atoms with Gasteiger partial charge in [0.1, 0.15) is 5.60 Å². The van der Waals surface area contributed by atoms with Gasteiger partial charge in [-0.1, -0.05) is 31.4 Å². The van der Waals surface area contributed by atoms with Gasteiger partial charge in [-0.25, -0.2) is 0 Å². The lowest BCUT2D eigenvalue weighted by Crippen LogP contribution is -2.54. The molecule has 2 nitrogen and oxygen atoms in total. The molecule has 2 N–H and O–H groups in total. The molecule has 0 radical (unpaired) electrons. The molecule has 0 heterocycles. The Hall–Kier alpha value is -0.490. The van der Waals surface area contributed by atoms with Crippen LogP contribution in [-0.4, -0.2) is 21.9 Å². The van der Waals surface area contributed by atoms with E-state index in [1.165, 1.54) is 5.57 Å². The van der Waals surface area contributed by atoms with Crippen molar-refractivity contribution in [2.24, 2.45) is 28.6 Å². The summed E-state index contributed by atoms with van der Waals surface area (Å²) in [5, 5.41) is 23.7. The smallest absolute Gasteiger partial charge is 0.132 e. The molecule has 0 aromatic rings. The van der Waals surface area contributed by atoms with Gasteiger partial charge in [-0.3, -0.25) is 0 Å². The Kier molecular flexibility index (Phi) is 3.89. The van der Waals surface area contributed by atoms with Crippen molar-refractivity contribution >= 4 is 11.6 Å². The molecule has 6 unspecified atom stereocenters. The second-order valence-electron chi connectivity index (χ2n) is 9.23. The molecule has 0 aromatic heterocycles. The van der Waals surface area contributed by atoms with Crippen molar-refractivity contribution in [2.75, 3.05) is 0 Å². The molecular formula is C21H29ClO2. The minimum atomic E-state index is -0.919. The first-order valence-electron chi connectivity index (χ1n) is 9.57. The highest BCUT2D eigenvalue weighted by molar-refractivity contribution is 6.30. The van der Waals surface area contributed by atoms with Crippen LogP contribution in [0.1, 0.15) is 65.2 Å². The molecule has 0 aliphatic heterocycles. The highest BCUT2D eigenvalue weighted by Gasteiger charge is 2.63. The Balaban J connectivity index is 1.69. The number of hydrogen-bond acceptors (Lipinski definition) is 2. The predicted molar refractivity (Wildman–Crippen MR) is 96.3 cm³/mol. The van der Waals surface area contributed by atoms with E-state index < -0.39 is 5.60 Å². The van der Waals surface area contributed by atoms with Gasteiger partial charge >= 0.3 is 0 Å². The fraction of sp³-hybridized carbons (Fsp3) is 0.810. The summed E-state index contributed by atoms with van der Waals surface area (Å²) in [4.78, 5) is 0. The van der Waals surface area contributed by atoms with Crippen LogP contribution in [-0.2, 0) is 0 Å². The maximum absolute atomic E-state index is 11.2. The molecular weight excluding hydrogens is 320 g/mol. The second-order valence-corrected chi connectivity index (χ2v) is 9.42. The standard InChI is InChI=1S/C21H29ClO2/c1-19-8-5-15(23)13-14(19)3-4-16-17(19)6-9-20(2)18(16)7-10-21(20,24)11-12-22/h3,15-18,23-24H,4-10,13H2,1-2H3/t15?,16?,17?,18?,19?,20?,21-/m1/s1. The van der Waals surface area contributed by atoms with Gasteiger partial charge in [-0.05, 0) is 86.1 Å². The lowest BCUT2D eigenvalue weighted by Gasteiger charge is -2.58. The van der Waals surface area contributed by atoms with Crippen LogP contribution in [0.3, 0.4) is 0 Å². The maximum atomic E-state index is 11.2. The van der Waals surface area contributed by atoms with Gasteiger partial charge in [0.2, 0.25) is 0 Å². The van der Waals surface area contributed by atoms with Crippen LogP contribution in [0, 0.1) is 39.9 Å². The quantitative estimate of drug-likeness (QED) is 0.507. The zero-order chi connectivity index (χ0) is 17.2. The fourth-order valence-electron chi connectivity index (χ4n) is 6.94. The number of aliphatic hydroxyl groups is 2. The summed E-state index contributed by atoms with van der Waals surface area (Å²) < 4.78 is 0. The highest BCUT2D eigenvalue weighted by Crippen LogP contribution is 2.67. The second kappa shape index (κ2) is 5.50. The van der Waals surface area contributed by atoms with Crippen LogP contribution in [0.4, 0.5) is 0 Å². The molecule has 0 saturated heterocycles. The molecule has 0 aromatic carbocycles. The van der Waals surface area contributed by atoms with Crippen molar-refractivity contribution in [3.63, 3.8) is 0 Å². The molecule has 7 atom stereocenters. The Morgan fingerprint density at radius 2 is 1.88 bits per heavy atom. The van der Waals surface area contributed by atoms with Gasteiger partial charge < -0.3 is 10.2 Å². The first kappa shape index (κ1) is 17.0. The van der Waals surface area contributed by atoms with E-state index in [4.69, 9.17) is 11.6 Å². The molecule has 0 amide bonds. The van der Waals surface area contributed by atoms with Gasteiger partial charge in [-0.2, -0.15) is 0 Å². The third kappa shape index (κ3) is 2.11. The molecule has 4 rings (SSSR count). The predicted octanol–water partition coefficient (Wildman–Crippen LogP) is 4.24. The van der Waals surface area contributed by atoms with Crippen LogP contribution in [0.25, 0.3) is 0 Å². The van der Waals surface area contributed by atoms with Crippen LogP contribution < -0.4 is 0 Å². The van der Waals surface area contributed by atoms with E-state index in [2.05, 4.69) is 31.2 Å². The summed E-state index contributed by atoms with van der Waals surface area (Å²) in [6, 6.07) is 0. The Labute approximate surface area is 150 Å². The molecule has 3 saturated carbocycles. The van der Waals surface area contributed by atoms with E-state index in [1.807, 2.05) is 0 Å². The number of halogens is 1. The lowest BCUT2D eigenvalue weighted by molar-refractivity contribution is -0.0970. The molecule has 0 spiro atoms. The van der Waals surface area contributed by atoms with E-state index in [1.54, 1.807) is 0 Å². The van der Waals surface area contributed by atoms with Gasteiger partial charge in [0.25, 0.3) is 0 Å². The lowest BCUT2D eigenvalue weighted by atomic mass is 9.47. The summed E-state index contributed by atoms with van der Waals surface area (Å²) >= 11 is 5.67. The Morgan fingerprint density at radius 3 is 2.62 bits per heavy atom. The van der Waals surface area contributed by atoms with Gasteiger partial charge in [0, 0.05) is 10.8 Å². The maximum Gasteiger partial charge on any atom is 0.132 e. The summed E-state index contributed by atoms with van der Waals surface area (Å²) in [5.41, 5.74) is 0.701. The normalized spacial score (nSPS) is 53.1. The zero-order valence-corrected chi connectivity index (χ0v) is 15.6. The van der Waals surface area contributed by atoms with E-state index in [0.29, 0.717) is 17.8 Å². The minimum absolute atomic E-state index is 0.133. The van der Waals surface area contributed by atoms with Crippen molar-refractivity contribution in [1.82, 2.24) is 0 Å². The monoisotopic (exact) mass is 348 g/mol. The zero-order valence-electron chi connectivity index (χ0n) is 14.8. The van der Waals surface area contributed by atoms with Crippen LogP contribution >= 0.6 is 11.6 Å². The molecule has 24 heavy (non-hydrogen) atoms. The van der Waals surface area contributed by atoms with E-state index in [9.17, 15) is 10.2 Å². The molecule has 132 valence electrons. The Bertz CT molecular complexity index is 631. The topological polar surface area (TPSA) is 40.5 Å². The first-order chi connectivity index (χ1) is 11.3. The third-order valence-electron chi connectivity index (χ3n) is 8.48. The number of allylic oxidation sites excluding steroid dienone is 1. The molecule has 0 bridgehead atoms. The first-order valence-corrected chi connectivity index (χ1v) is 9.95. The number of fused-ring (bicyclic) bond motifs is 5. The largest absolute Gasteiger partial charge is 0.393 e. The van der Waals surface area contributed by atoms with Crippen molar-refractivity contribution < 1.29 is 10.2 Å². The molecule has 4 aliphatic carbocycles. The van der Waals surface area contributed by atoms with Crippen molar-refractivity contribution in [3.05, 3.63) is 11.6 Å². The van der Waals surface area contributed by atoms with Crippen LogP contribution in [0.5, 0.6) is 0 Å². The van der Waals surface area contributed by atoms with Crippen molar-refractivity contribution in [1.29, 1.82) is 0 Å². The third-order valence-corrected chi connectivity index (χ3v) is 8.58. The van der Waals surface area contributed by atoms with Gasteiger partial charge in [0.15, 0.2) is 0 Å². The fourth-order valence-corrected chi connectivity index (χ4v) is 7.10. The molecule has 4 aliphatic rings. The summed E-state index contributed by atoms with van der Waals surface area (Å²) in [6.45, 7) is 4.68. The minimum Gasteiger partial charge on any atom is -0.393 e.